The zero-order valence-corrected chi connectivity index (χ0v) is 18.7. The predicted octanol–water partition coefficient (Wildman–Crippen LogP) is 2.85. The first-order valence-corrected chi connectivity index (χ1v) is 10.8. The first kappa shape index (κ1) is 21.8. The number of amides is 1. The van der Waals surface area contributed by atoms with Crippen LogP contribution in [0.5, 0.6) is 5.75 Å². The fraction of sp³-hybridized carbons (Fsp3) is 0.417. The number of carbonyl (C=O) groups excluding carboxylic acids is 1. The summed E-state index contributed by atoms with van der Waals surface area (Å²) in [4.78, 5) is 35.4. The van der Waals surface area contributed by atoms with E-state index in [1.807, 2.05) is 37.3 Å². The van der Waals surface area contributed by atoms with Crippen molar-refractivity contribution in [3.05, 3.63) is 75.6 Å². The number of methoxy groups -OCH3 is 1. The van der Waals surface area contributed by atoms with E-state index < -0.39 is 0 Å². The minimum absolute atomic E-state index is 0.00264. The third-order valence-corrected chi connectivity index (χ3v) is 5.85. The van der Waals surface area contributed by atoms with Gasteiger partial charge >= 0.3 is 5.69 Å². The van der Waals surface area contributed by atoms with E-state index in [1.165, 1.54) is 4.57 Å². The minimum Gasteiger partial charge on any atom is -0.497 e. The van der Waals surface area contributed by atoms with Crippen LogP contribution >= 0.6 is 0 Å². The van der Waals surface area contributed by atoms with Gasteiger partial charge in [0, 0.05) is 30.9 Å². The summed E-state index contributed by atoms with van der Waals surface area (Å²) >= 11 is 0. The van der Waals surface area contributed by atoms with Crippen LogP contribution in [0.2, 0.25) is 0 Å². The molecule has 32 heavy (non-hydrogen) atoms. The van der Waals surface area contributed by atoms with E-state index in [-0.39, 0.29) is 24.1 Å². The van der Waals surface area contributed by atoms with Crippen molar-refractivity contribution in [3.63, 3.8) is 0 Å². The third kappa shape index (κ3) is 4.90. The molecule has 1 saturated heterocycles. The second-order valence-electron chi connectivity index (χ2n) is 8.28. The Bertz CT molecular complexity index is 1170. The Labute approximate surface area is 186 Å². The van der Waals surface area contributed by atoms with E-state index >= 15 is 0 Å². The number of likely N-dealkylation sites (tertiary alicyclic amines) is 1. The topological polar surface area (TPSA) is 90.5 Å². The highest BCUT2D eigenvalue weighted by Crippen LogP contribution is 2.27. The Balaban J connectivity index is 1.42. The summed E-state index contributed by atoms with van der Waals surface area (Å²) in [5, 5.41) is 0. The van der Waals surface area contributed by atoms with Crippen molar-refractivity contribution in [1.82, 2.24) is 19.4 Å². The van der Waals surface area contributed by atoms with E-state index in [2.05, 4.69) is 9.97 Å². The Morgan fingerprint density at radius 1 is 1.28 bits per heavy atom. The molecule has 0 unspecified atom stereocenters. The van der Waals surface area contributed by atoms with Gasteiger partial charge in [0.05, 0.1) is 19.2 Å². The summed E-state index contributed by atoms with van der Waals surface area (Å²) in [6.07, 6.45) is 4.16. The lowest BCUT2D eigenvalue weighted by Crippen LogP contribution is -2.42. The number of nitrogens with zero attached hydrogens (tertiary/aromatic N) is 4. The molecule has 4 rings (SSSR count). The highest BCUT2D eigenvalue weighted by atomic mass is 16.5. The van der Waals surface area contributed by atoms with Crippen LogP contribution in [-0.2, 0) is 17.8 Å². The van der Waals surface area contributed by atoms with Gasteiger partial charge in [-0.25, -0.2) is 9.78 Å². The summed E-state index contributed by atoms with van der Waals surface area (Å²) in [5.74, 6) is 2.20. The molecule has 0 saturated carbocycles. The fourth-order valence-electron chi connectivity index (χ4n) is 4.18. The molecule has 1 fully saturated rings. The number of carbonyl (C=O) groups is 1. The molecule has 1 amide bonds. The maximum atomic E-state index is 12.9. The van der Waals surface area contributed by atoms with Crippen LogP contribution in [0.1, 0.15) is 47.4 Å². The van der Waals surface area contributed by atoms with E-state index in [4.69, 9.17) is 9.15 Å². The first-order valence-electron chi connectivity index (χ1n) is 10.8. The molecule has 0 radical (unpaired) electrons. The number of benzene rings is 1. The molecule has 1 aliphatic heterocycles. The molecule has 0 N–H and O–H groups in total. The van der Waals surface area contributed by atoms with E-state index in [0.717, 1.165) is 35.6 Å². The number of aryl methyl sites for hydroxylation is 2. The van der Waals surface area contributed by atoms with Gasteiger partial charge in [-0.15, -0.1) is 0 Å². The van der Waals surface area contributed by atoms with Gasteiger partial charge < -0.3 is 14.1 Å². The molecular weight excluding hydrogens is 408 g/mol. The Morgan fingerprint density at radius 2 is 2.12 bits per heavy atom. The van der Waals surface area contributed by atoms with Crippen LogP contribution in [0.15, 0.2) is 45.7 Å². The van der Waals surface area contributed by atoms with Crippen LogP contribution in [0.4, 0.5) is 0 Å². The van der Waals surface area contributed by atoms with Crippen molar-refractivity contribution in [2.45, 2.75) is 45.6 Å². The van der Waals surface area contributed by atoms with Crippen LogP contribution in [0, 0.1) is 13.8 Å². The largest absolute Gasteiger partial charge is 0.497 e. The number of oxazole rings is 1. The predicted molar refractivity (Wildman–Crippen MR) is 119 cm³/mol. The standard InChI is InChI=1S/C24H28N4O4/c1-16-10-17(2)28(24(30)26-16)15-22(29)27-9-5-7-19(14-27)23-25-13-21(32-23)12-18-6-4-8-20(11-18)31-3/h4,6,8,10-11,13,19H,5,7,9,12,14-15H2,1-3H3/t19-/m0/s1. The zero-order valence-electron chi connectivity index (χ0n) is 18.7. The van der Waals surface area contributed by atoms with E-state index in [9.17, 15) is 9.59 Å². The van der Waals surface area contributed by atoms with Gasteiger partial charge in [-0.2, -0.15) is 4.98 Å². The van der Waals surface area contributed by atoms with Gasteiger partial charge in [0.25, 0.3) is 0 Å². The normalized spacial score (nSPS) is 16.2. The number of ether oxygens (including phenoxy) is 1. The second-order valence-corrected chi connectivity index (χ2v) is 8.28. The molecule has 2 aromatic heterocycles. The third-order valence-electron chi connectivity index (χ3n) is 5.85. The smallest absolute Gasteiger partial charge is 0.348 e. The molecule has 168 valence electrons. The van der Waals surface area contributed by atoms with Crippen LogP contribution in [-0.4, -0.2) is 45.5 Å². The molecule has 0 bridgehead atoms. The monoisotopic (exact) mass is 436 g/mol. The van der Waals surface area contributed by atoms with Crippen molar-refractivity contribution in [2.24, 2.45) is 0 Å². The lowest BCUT2D eigenvalue weighted by atomic mass is 9.98. The summed E-state index contributed by atoms with van der Waals surface area (Å²) in [6.45, 7) is 4.79. The fourth-order valence-corrected chi connectivity index (χ4v) is 4.18. The summed E-state index contributed by atoms with van der Waals surface area (Å²) in [6, 6.07) is 9.67. The van der Waals surface area contributed by atoms with Crippen molar-refractivity contribution in [1.29, 1.82) is 0 Å². The lowest BCUT2D eigenvalue weighted by molar-refractivity contribution is -0.133. The molecule has 8 nitrogen and oxygen atoms in total. The molecular formula is C24H28N4O4. The molecule has 3 aromatic rings. The SMILES string of the molecule is COc1cccc(Cc2cnc([C@H]3CCCN(C(=O)Cn4c(C)cc(C)nc4=O)C3)o2)c1. The molecule has 1 aromatic carbocycles. The van der Waals surface area contributed by atoms with Crippen molar-refractivity contribution < 1.29 is 13.9 Å². The number of aromatic nitrogens is 3. The maximum Gasteiger partial charge on any atom is 0.348 e. The molecule has 1 atom stereocenters. The summed E-state index contributed by atoms with van der Waals surface area (Å²) < 4.78 is 12.8. The second kappa shape index (κ2) is 9.38. The highest BCUT2D eigenvalue weighted by Gasteiger charge is 2.28. The van der Waals surface area contributed by atoms with E-state index in [1.54, 1.807) is 25.1 Å². The van der Waals surface area contributed by atoms with Crippen molar-refractivity contribution >= 4 is 5.91 Å². The highest BCUT2D eigenvalue weighted by molar-refractivity contribution is 5.76. The van der Waals surface area contributed by atoms with Gasteiger partial charge in [-0.1, -0.05) is 12.1 Å². The van der Waals surface area contributed by atoms with Gasteiger partial charge in [0.15, 0.2) is 5.89 Å². The molecule has 3 heterocycles. The first-order chi connectivity index (χ1) is 15.4. The Hall–Kier alpha value is -3.42. The lowest BCUT2D eigenvalue weighted by Gasteiger charge is -2.31. The summed E-state index contributed by atoms with van der Waals surface area (Å²) in [7, 11) is 1.65. The Kier molecular flexibility index (Phi) is 6.39. The average Bonchev–Trinajstić information content (AvgIpc) is 3.25. The average molecular weight is 437 g/mol. The quantitative estimate of drug-likeness (QED) is 0.590. The van der Waals surface area contributed by atoms with Gasteiger partial charge in [0.2, 0.25) is 5.91 Å². The number of hydrogen-bond acceptors (Lipinski definition) is 6. The van der Waals surface area contributed by atoms with Gasteiger partial charge in [-0.3, -0.25) is 9.36 Å². The van der Waals surface area contributed by atoms with Gasteiger partial charge in [-0.05, 0) is 50.5 Å². The number of piperidine rings is 1. The van der Waals surface area contributed by atoms with Crippen molar-refractivity contribution in [3.8, 4) is 5.75 Å². The molecule has 0 aliphatic carbocycles. The van der Waals surface area contributed by atoms with E-state index in [0.29, 0.717) is 31.1 Å². The minimum atomic E-state index is -0.390. The molecule has 0 spiro atoms. The zero-order chi connectivity index (χ0) is 22.7. The van der Waals surface area contributed by atoms with Crippen LogP contribution < -0.4 is 10.4 Å². The molecule has 1 aliphatic rings. The van der Waals surface area contributed by atoms with Crippen molar-refractivity contribution in [2.75, 3.05) is 20.2 Å². The maximum absolute atomic E-state index is 12.9. The number of hydrogen-bond donors (Lipinski definition) is 0. The van der Waals surface area contributed by atoms with Gasteiger partial charge in [0.1, 0.15) is 18.1 Å². The van der Waals surface area contributed by atoms with Crippen LogP contribution in [0.3, 0.4) is 0 Å². The van der Waals surface area contributed by atoms with Crippen LogP contribution in [0.25, 0.3) is 0 Å². The molecule has 8 heteroatoms. The Morgan fingerprint density at radius 3 is 2.91 bits per heavy atom. The number of rotatable bonds is 6. The summed E-state index contributed by atoms with van der Waals surface area (Å²) in [5.41, 5.74) is 2.08.